The van der Waals surface area contributed by atoms with E-state index in [-0.39, 0.29) is 18.1 Å². The number of aromatic nitrogens is 1. The monoisotopic (exact) mass is 625 g/mol. The van der Waals surface area contributed by atoms with Crippen LogP contribution in [0.4, 0.5) is 11.4 Å². The van der Waals surface area contributed by atoms with Crippen molar-refractivity contribution in [3.05, 3.63) is 91.4 Å². The summed E-state index contributed by atoms with van der Waals surface area (Å²) < 4.78 is 1.59. The highest BCUT2D eigenvalue weighted by Gasteiger charge is 2.21. The van der Waals surface area contributed by atoms with Gasteiger partial charge in [-0.05, 0) is 118 Å². The first-order valence-corrected chi connectivity index (χ1v) is 17.0. The van der Waals surface area contributed by atoms with Gasteiger partial charge in [0.1, 0.15) is 11.5 Å². The lowest BCUT2D eigenvalue weighted by molar-refractivity contribution is 0.103. The number of likely N-dealkylation sites (tertiary alicyclic amines) is 1. The zero-order valence-corrected chi connectivity index (χ0v) is 27.1. The molecule has 8 nitrogen and oxygen atoms in total. The third-order valence-electron chi connectivity index (χ3n) is 9.27. The van der Waals surface area contributed by atoms with E-state index < -0.39 is 0 Å². The van der Waals surface area contributed by atoms with Crippen LogP contribution in [0.25, 0.3) is 11.1 Å². The van der Waals surface area contributed by atoms with E-state index in [1.54, 1.807) is 23.0 Å². The number of aliphatic hydroxyl groups is 1. The number of aliphatic imine (C=N–C) groups is 1. The summed E-state index contributed by atoms with van der Waals surface area (Å²) >= 11 is 1.61. The average molecular weight is 626 g/mol. The molecule has 3 aliphatic rings. The number of fused-ring (bicyclic) bond motifs is 1. The Balaban J connectivity index is 1.24. The van der Waals surface area contributed by atoms with Crippen molar-refractivity contribution in [2.45, 2.75) is 64.7 Å². The summed E-state index contributed by atoms with van der Waals surface area (Å²) in [5.74, 6) is 0.933. The molecule has 0 spiro atoms. The Morgan fingerprint density at radius 3 is 2.69 bits per heavy atom. The van der Waals surface area contributed by atoms with E-state index in [9.17, 15) is 14.7 Å². The molecule has 0 unspecified atom stereocenters. The van der Waals surface area contributed by atoms with E-state index in [1.807, 2.05) is 49.7 Å². The molecule has 1 aromatic carbocycles. The van der Waals surface area contributed by atoms with Crippen molar-refractivity contribution in [2.24, 2.45) is 18.0 Å². The van der Waals surface area contributed by atoms with Crippen LogP contribution in [0.1, 0.15) is 70.6 Å². The van der Waals surface area contributed by atoms with Gasteiger partial charge < -0.3 is 25.2 Å². The highest BCUT2D eigenvalue weighted by atomic mass is 32.1. The molecule has 3 N–H and O–H groups in total. The first kappa shape index (κ1) is 31.0. The second-order valence-corrected chi connectivity index (χ2v) is 13.5. The lowest BCUT2D eigenvalue weighted by Gasteiger charge is -2.34. The molecule has 236 valence electrons. The number of rotatable bonds is 7. The quantitative estimate of drug-likeness (QED) is 0.273. The van der Waals surface area contributed by atoms with Crippen molar-refractivity contribution >= 4 is 34.8 Å². The number of carbonyl (C=O) groups is 1. The molecule has 45 heavy (non-hydrogen) atoms. The summed E-state index contributed by atoms with van der Waals surface area (Å²) in [7, 11) is 1.76. The van der Waals surface area contributed by atoms with Crippen LogP contribution in [0, 0.1) is 12.8 Å². The van der Waals surface area contributed by atoms with Crippen LogP contribution in [0.2, 0.25) is 0 Å². The van der Waals surface area contributed by atoms with Crippen LogP contribution in [-0.4, -0.2) is 46.4 Å². The van der Waals surface area contributed by atoms with Gasteiger partial charge in [0.05, 0.1) is 4.88 Å². The number of pyridine rings is 1. The Hall–Kier alpha value is -3.95. The minimum absolute atomic E-state index is 0.0762. The molecular formula is C36H43N5O3S. The number of aryl methyl sites for hydroxylation is 3. The van der Waals surface area contributed by atoms with Crippen molar-refractivity contribution in [2.75, 3.05) is 30.3 Å². The highest BCUT2D eigenvalue weighted by molar-refractivity contribution is 7.14. The Labute approximate surface area is 269 Å². The molecule has 1 fully saturated rings. The lowest BCUT2D eigenvalue weighted by Crippen LogP contribution is -2.34. The second-order valence-electron chi connectivity index (χ2n) is 12.4. The van der Waals surface area contributed by atoms with Crippen molar-refractivity contribution < 1.29 is 9.90 Å². The standard InChI is InChI=1S/C36H43N5O3S/c1-24-29(10-7-11-30(24)39-35(43)33-21-26-8-3-4-12-32(26)45-33)27-20-31(36(44)40(2)22-27)38-34-14-13-28(9-5-6-17-37-34)41-18-15-25(23-42)16-19-41/h7,10-11,13-14,17,20-22,25,38,42H,3-6,8-9,12,15-16,18-19,23H2,1-2H3,(H,39,43)/b28-13+,34-14+,37-17-. The normalized spacial score (nSPS) is 20.5. The smallest absolute Gasteiger partial charge is 0.274 e. The number of carbonyl (C=O) groups excluding carboxylic acids is 1. The van der Waals surface area contributed by atoms with Gasteiger partial charge in [0.15, 0.2) is 0 Å². The number of benzene rings is 1. The van der Waals surface area contributed by atoms with Crippen molar-refractivity contribution in [3.8, 4) is 11.1 Å². The number of piperidine rings is 1. The molecule has 0 saturated carbocycles. The van der Waals surface area contributed by atoms with Crippen LogP contribution in [0.3, 0.4) is 0 Å². The number of aliphatic hydroxyl groups excluding tert-OH is 1. The van der Waals surface area contributed by atoms with Crippen molar-refractivity contribution in [1.29, 1.82) is 0 Å². The molecular weight excluding hydrogens is 582 g/mol. The van der Waals surface area contributed by atoms with Gasteiger partial charge in [-0.15, -0.1) is 11.3 Å². The summed E-state index contributed by atoms with van der Waals surface area (Å²) in [5, 5.41) is 16.0. The maximum absolute atomic E-state index is 13.3. The number of thiophene rings is 1. The molecule has 1 saturated heterocycles. The van der Waals surface area contributed by atoms with Gasteiger partial charge in [0, 0.05) is 61.0 Å². The van der Waals surface area contributed by atoms with Crippen LogP contribution >= 0.6 is 11.3 Å². The SMILES string of the molecule is Cc1c(NC(=O)c2cc3c(s2)CCCC3)cccc1-c1cc(NC2=C/C=C(/N3CCC(CO)CC3)CCC/C=N\2)c(=O)n(C)c1. The molecule has 0 radical (unpaired) electrons. The predicted octanol–water partition coefficient (Wildman–Crippen LogP) is 6.65. The van der Waals surface area contributed by atoms with Gasteiger partial charge in [-0.2, -0.15) is 0 Å². The average Bonchev–Trinajstić information content (AvgIpc) is 3.53. The first-order chi connectivity index (χ1) is 21.9. The van der Waals surface area contributed by atoms with E-state index in [0.717, 1.165) is 85.3 Å². The fraction of sp³-hybridized carbons (Fsp3) is 0.417. The molecule has 0 bridgehead atoms. The maximum Gasteiger partial charge on any atom is 0.274 e. The topological polar surface area (TPSA) is 99.0 Å². The number of nitrogens with one attached hydrogen (secondary N) is 2. The second kappa shape index (κ2) is 14.0. The van der Waals surface area contributed by atoms with Crippen molar-refractivity contribution in [3.63, 3.8) is 0 Å². The summed E-state index contributed by atoms with van der Waals surface area (Å²) in [6.07, 6.45) is 17.2. The third kappa shape index (κ3) is 7.15. The van der Waals surface area contributed by atoms with Gasteiger partial charge in [-0.25, -0.2) is 4.99 Å². The molecule has 3 aromatic rings. The zero-order valence-electron chi connectivity index (χ0n) is 26.3. The Morgan fingerprint density at radius 2 is 1.89 bits per heavy atom. The van der Waals surface area contributed by atoms with Gasteiger partial charge in [0.25, 0.3) is 11.5 Å². The van der Waals surface area contributed by atoms with Gasteiger partial charge in [-0.1, -0.05) is 12.1 Å². The number of allylic oxidation sites excluding steroid dienone is 3. The van der Waals surface area contributed by atoms with E-state index in [4.69, 9.17) is 0 Å². The zero-order chi connectivity index (χ0) is 31.3. The number of hydrogen-bond donors (Lipinski definition) is 3. The molecule has 4 heterocycles. The van der Waals surface area contributed by atoms with E-state index in [1.165, 1.54) is 29.0 Å². The fourth-order valence-electron chi connectivity index (χ4n) is 6.54. The van der Waals surface area contributed by atoms with Crippen molar-refractivity contribution in [1.82, 2.24) is 9.47 Å². The van der Waals surface area contributed by atoms with E-state index >= 15 is 0 Å². The van der Waals surface area contributed by atoms with E-state index in [0.29, 0.717) is 17.4 Å². The van der Waals surface area contributed by atoms with Crippen LogP contribution < -0.4 is 16.2 Å². The molecule has 1 amide bonds. The maximum atomic E-state index is 13.3. The molecule has 0 atom stereocenters. The van der Waals surface area contributed by atoms with Gasteiger partial charge in [0.2, 0.25) is 0 Å². The minimum Gasteiger partial charge on any atom is -0.396 e. The molecule has 6 rings (SSSR count). The Kier molecular flexibility index (Phi) is 9.66. The molecule has 2 aliphatic heterocycles. The molecule has 9 heteroatoms. The van der Waals surface area contributed by atoms with Gasteiger partial charge >= 0.3 is 0 Å². The third-order valence-corrected chi connectivity index (χ3v) is 10.5. The summed E-state index contributed by atoms with van der Waals surface area (Å²) in [6.45, 7) is 4.16. The van der Waals surface area contributed by atoms with Gasteiger partial charge in [-0.3, -0.25) is 9.59 Å². The molecule has 2 aromatic heterocycles. The van der Waals surface area contributed by atoms with Crippen LogP contribution in [0.15, 0.2) is 70.0 Å². The largest absolute Gasteiger partial charge is 0.396 e. The number of amides is 1. The number of nitrogens with zero attached hydrogens (tertiary/aromatic N) is 3. The van der Waals surface area contributed by atoms with Crippen LogP contribution in [0.5, 0.6) is 0 Å². The predicted molar refractivity (Wildman–Crippen MR) is 184 cm³/mol. The summed E-state index contributed by atoms with van der Waals surface area (Å²) in [4.78, 5) is 35.7. The minimum atomic E-state index is -0.145. The fourth-order valence-corrected chi connectivity index (χ4v) is 7.68. The Bertz CT molecular complexity index is 1680. The van der Waals surface area contributed by atoms with E-state index in [2.05, 4.69) is 32.7 Å². The Morgan fingerprint density at radius 1 is 1.07 bits per heavy atom. The van der Waals surface area contributed by atoms with Crippen LogP contribution in [-0.2, 0) is 19.9 Å². The first-order valence-electron chi connectivity index (χ1n) is 16.2. The number of hydrogen-bond acceptors (Lipinski definition) is 7. The summed E-state index contributed by atoms with van der Waals surface area (Å²) in [6, 6.07) is 9.82. The number of anilines is 2. The highest BCUT2D eigenvalue weighted by Crippen LogP contribution is 2.33. The summed E-state index contributed by atoms with van der Waals surface area (Å²) in [5.41, 5.74) is 6.40. The lowest BCUT2D eigenvalue weighted by atomic mass is 9.97. The molecule has 1 aliphatic carbocycles.